The van der Waals surface area contributed by atoms with Gasteiger partial charge in [0.05, 0.1) is 10.9 Å². The third-order valence-electron chi connectivity index (χ3n) is 5.60. The molecule has 0 fully saturated rings. The van der Waals surface area contributed by atoms with E-state index in [0.29, 0.717) is 17.0 Å². The van der Waals surface area contributed by atoms with E-state index in [4.69, 9.17) is 11.6 Å². The first-order valence-electron chi connectivity index (χ1n) is 10.2. The number of amides is 1. The van der Waals surface area contributed by atoms with Crippen LogP contribution in [0.1, 0.15) is 29.2 Å². The highest BCUT2D eigenvalue weighted by Crippen LogP contribution is 2.36. The van der Waals surface area contributed by atoms with E-state index in [1.54, 1.807) is 18.2 Å². The first kappa shape index (κ1) is 22.5. The SMILES string of the molecule is O=C(C[C@@H]1c2ccccc2CCN1S(=O)(=O)c1ccc(Cl)cc1)NCc1ccccc1F. The summed E-state index contributed by atoms with van der Waals surface area (Å²) in [5.74, 6) is -0.756. The van der Waals surface area contributed by atoms with Gasteiger partial charge in [-0.2, -0.15) is 4.31 Å². The predicted molar refractivity (Wildman–Crippen MR) is 121 cm³/mol. The van der Waals surface area contributed by atoms with E-state index in [0.717, 1.165) is 11.1 Å². The van der Waals surface area contributed by atoms with Crippen molar-refractivity contribution in [2.24, 2.45) is 0 Å². The predicted octanol–water partition coefficient (Wildman–Crippen LogP) is 4.47. The minimum absolute atomic E-state index is 0.0316. The number of hydrogen-bond donors (Lipinski definition) is 1. The standard InChI is InChI=1S/C24H22ClFN2O3S/c25-19-9-11-20(12-10-19)32(30,31)28-14-13-17-5-1-3-7-21(17)23(28)15-24(29)27-16-18-6-2-4-8-22(18)26/h1-12,23H,13-16H2,(H,27,29)/t23-/m1/s1. The molecule has 1 N–H and O–H groups in total. The van der Waals surface area contributed by atoms with Crippen LogP contribution in [0.25, 0.3) is 0 Å². The molecule has 4 rings (SSSR count). The summed E-state index contributed by atoms with van der Waals surface area (Å²) in [6.07, 6.45) is 0.481. The molecule has 0 saturated carbocycles. The lowest BCUT2D eigenvalue weighted by atomic mass is 9.92. The first-order chi connectivity index (χ1) is 15.4. The molecule has 166 valence electrons. The van der Waals surface area contributed by atoms with Crippen molar-refractivity contribution in [3.05, 3.63) is 100 Å². The lowest BCUT2D eigenvalue weighted by molar-refractivity contribution is -0.122. The number of hydrogen-bond acceptors (Lipinski definition) is 3. The number of rotatable bonds is 6. The lowest BCUT2D eigenvalue weighted by Gasteiger charge is -2.36. The van der Waals surface area contributed by atoms with Gasteiger partial charge in [0.2, 0.25) is 15.9 Å². The second kappa shape index (κ2) is 9.40. The summed E-state index contributed by atoms with van der Waals surface area (Å²) in [5, 5.41) is 3.16. The lowest BCUT2D eigenvalue weighted by Crippen LogP contribution is -2.42. The van der Waals surface area contributed by atoms with Gasteiger partial charge in [0.15, 0.2) is 0 Å². The largest absolute Gasteiger partial charge is 0.352 e. The normalized spacial score (nSPS) is 16.4. The van der Waals surface area contributed by atoms with Gasteiger partial charge in [0.25, 0.3) is 0 Å². The van der Waals surface area contributed by atoms with Crippen molar-refractivity contribution in [1.82, 2.24) is 9.62 Å². The molecule has 0 aromatic heterocycles. The Hall–Kier alpha value is -2.74. The van der Waals surface area contributed by atoms with Crippen LogP contribution in [0.3, 0.4) is 0 Å². The molecule has 5 nitrogen and oxygen atoms in total. The van der Waals surface area contributed by atoms with Gasteiger partial charge in [-0.25, -0.2) is 12.8 Å². The molecule has 0 spiro atoms. The van der Waals surface area contributed by atoms with E-state index in [1.807, 2.05) is 24.3 Å². The summed E-state index contributed by atoms with van der Waals surface area (Å²) in [4.78, 5) is 12.9. The van der Waals surface area contributed by atoms with Gasteiger partial charge in [0, 0.05) is 30.1 Å². The molecule has 0 saturated heterocycles. The van der Waals surface area contributed by atoms with Crippen LogP contribution in [0.2, 0.25) is 5.02 Å². The molecular weight excluding hydrogens is 451 g/mol. The number of benzene rings is 3. The summed E-state index contributed by atoms with van der Waals surface area (Å²) >= 11 is 5.92. The van der Waals surface area contributed by atoms with Crippen LogP contribution >= 0.6 is 11.6 Å². The number of nitrogens with one attached hydrogen (secondary N) is 1. The van der Waals surface area contributed by atoms with Crippen molar-refractivity contribution in [2.45, 2.75) is 30.3 Å². The van der Waals surface area contributed by atoms with E-state index < -0.39 is 21.9 Å². The Morgan fingerprint density at radius 1 is 1.03 bits per heavy atom. The van der Waals surface area contributed by atoms with Crippen molar-refractivity contribution in [3.63, 3.8) is 0 Å². The van der Waals surface area contributed by atoms with Gasteiger partial charge >= 0.3 is 0 Å². The van der Waals surface area contributed by atoms with Crippen molar-refractivity contribution in [2.75, 3.05) is 6.54 Å². The van der Waals surface area contributed by atoms with Gasteiger partial charge in [-0.15, -0.1) is 0 Å². The number of fused-ring (bicyclic) bond motifs is 1. The number of sulfonamides is 1. The molecule has 1 heterocycles. The minimum atomic E-state index is -3.86. The highest BCUT2D eigenvalue weighted by molar-refractivity contribution is 7.89. The van der Waals surface area contributed by atoms with Crippen LogP contribution in [-0.4, -0.2) is 25.2 Å². The maximum atomic E-state index is 13.9. The number of halogens is 2. The van der Waals surface area contributed by atoms with Gasteiger partial charge < -0.3 is 5.32 Å². The van der Waals surface area contributed by atoms with E-state index >= 15 is 0 Å². The van der Waals surface area contributed by atoms with Crippen LogP contribution in [-0.2, 0) is 27.8 Å². The maximum Gasteiger partial charge on any atom is 0.243 e. The quantitative estimate of drug-likeness (QED) is 0.575. The molecule has 0 unspecified atom stereocenters. The second-order valence-electron chi connectivity index (χ2n) is 7.61. The van der Waals surface area contributed by atoms with Gasteiger partial charge in [-0.3, -0.25) is 4.79 Å². The summed E-state index contributed by atoms with van der Waals surface area (Å²) < 4.78 is 42.1. The average Bonchev–Trinajstić information content (AvgIpc) is 2.79. The highest BCUT2D eigenvalue weighted by Gasteiger charge is 2.37. The van der Waals surface area contributed by atoms with E-state index in [9.17, 15) is 17.6 Å². The molecule has 32 heavy (non-hydrogen) atoms. The zero-order chi connectivity index (χ0) is 22.7. The van der Waals surface area contributed by atoms with Crippen LogP contribution in [0.5, 0.6) is 0 Å². The molecule has 3 aromatic carbocycles. The number of carbonyl (C=O) groups excluding carboxylic acids is 1. The molecule has 1 amide bonds. The fraction of sp³-hybridized carbons (Fsp3) is 0.208. The Balaban J connectivity index is 1.60. The fourth-order valence-corrected chi connectivity index (χ4v) is 5.68. The topological polar surface area (TPSA) is 66.5 Å². The summed E-state index contributed by atoms with van der Waals surface area (Å²) in [6, 6.07) is 19.1. The molecule has 8 heteroatoms. The van der Waals surface area contributed by atoms with E-state index in [-0.39, 0.29) is 30.3 Å². The molecule has 0 bridgehead atoms. The van der Waals surface area contributed by atoms with Crippen LogP contribution < -0.4 is 5.32 Å². The van der Waals surface area contributed by atoms with Gasteiger partial charge in [-0.05, 0) is 47.9 Å². The molecule has 1 aliphatic heterocycles. The summed E-state index contributed by atoms with van der Waals surface area (Å²) in [5.41, 5.74) is 2.19. The van der Waals surface area contributed by atoms with Gasteiger partial charge in [-0.1, -0.05) is 54.1 Å². The zero-order valence-electron chi connectivity index (χ0n) is 17.2. The van der Waals surface area contributed by atoms with Crippen LogP contribution in [0, 0.1) is 5.82 Å². The monoisotopic (exact) mass is 472 g/mol. The Kier molecular flexibility index (Phi) is 6.60. The Morgan fingerprint density at radius 2 is 1.72 bits per heavy atom. The Bertz CT molecular complexity index is 1230. The third-order valence-corrected chi connectivity index (χ3v) is 7.77. The smallest absolute Gasteiger partial charge is 0.243 e. The molecule has 0 aliphatic carbocycles. The van der Waals surface area contributed by atoms with E-state index in [1.165, 1.54) is 34.6 Å². The maximum absolute atomic E-state index is 13.9. The number of nitrogens with zero attached hydrogens (tertiary/aromatic N) is 1. The van der Waals surface area contributed by atoms with Crippen molar-refractivity contribution in [1.29, 1.82) is 0 Å². The molecule has 1 aliphatic rings. The van der Waals surface area contributed by atoms with E-state index in [2.05, 4.69) is 5.32 Å². The minimum Gasteiger partial charge on any atom is -0.352 e. The molecule has 3 aromatic rings. The Morgan fingerprint density at radius 3 is 2.47 bits per heavy atom. The first-order valence-corrected chi connectivity index (χ1v) is 12.0. The zero-order valence-corrected chi connectivity index (χ0v) is 18.7. The third kappa shape index (κ3) is 4.70. The molecule has 1 atom stereocenters. The highest BCUT2D eigenvalue weighted by atomic mass is 35.5. The Labute approximate surface area is 191 Å². The summed E-state index contributed by atoms with van der Waals surface area (Å²) in [7, 11) is -3.86. The number of carbonyl (C=O) groups is 1. The molecule has 0 radical (unpaired) electrons. The average molecular weight is 473 g/mol. The molecular formula is C24H22ClFN2O3S. The fourth-order valence-electron chi connectivity index (χ4n) is 3.95. The second-order valence-corrected chi connectivity index (χ2v) is 9.93. The van der Waals surface area contributed by atoms with Crippen molar-refractivity contribution in [3.8, 4) is 0 Å². The summed E-state index contributed by atoms with van der Waals surface area (Å²) in [6.45, 7) is 0.289. The van der Waals surface area contributed by atoms with Crippen molar-refractivity contribution < 1.29 is 17.6 Å². The van der Waals surface area contributed by atoms with Crippen LogP contribution in [0.4, 0.5) is 4.39 Å². The van der Waals surface area contributed by atoms with Crippen molar-refractivity contribution >= 4 is 27.5 Å². The van der Waals surface area contributed by atoms with Gasteiger partial charge in [0.1, 0.15) is 5.82 Å². The van der Waals surface area contributed by atoms with Crippen LogP contribution in [0.15, 0.2) is 77.7 Å².